The normalized spacial score (nSPS) is 11.9. The second kappa shape index (κ2) is 11.1. The molecule has 2 aromatic carbocycles. The van der Waals surface area contributed by atoms with E-state index in [-0.39, 0.29) is 11.5 Å². The lowest BCUT2D eigenvalue weighted by atomic mass is 10.2. The lowest BCUT2D eigenvalue weighted by molar-refractivity contribution is 0.0696. The van der Waals surface area contributed by atoms with E-state index in [1.165, 1.54) is 58.8 Å². The van der Waals surface area contributed by atoms with Gasteiger partial charge in [-0.05, 0) is 24.3 Å². The third-order valence-electron chi connectivity index (χ3n) is 7.87. The second-order valence-corrected chi connectivity index (χ2v) is 19.3. The Hall–Kier alpha value is -2.19. The van der Waals surface area contributed by atoms with Gasteiger partial charge in [0.25, 0.3) is 5.91 Å². The van der Waals surface area contributed by atoms with Crippen LogP contribution < -0.4 is 15.7 Å². The topological polar surface area (TPSA) is 66.4 Å². The molecule has 0 bridgehead atoms. The lowest BCUT2D eigenvalue weighted by Crippen LogP contribution is -2.52. The highest BCUT2D eigenvalue weighted by Crippen LogP contribution is 2.24. The third-order valence-corrected chi connectivity index (χ3v) is 19.0. The number of amides is 1. The molecular formula is C26H39NO3Si2. The summed E-state index contributed by atoms with van der Waals surface area (Å²) in [5.74, 6) is -1.09. The fraction of sp³-hybridized carbons (Fsp3) is 0.462. The van der Waals surface area contributed by atoms with Gasteiger partial charge in [0.1, 0.15) is 0 Å². The monoisotopic (exact) mass is 469 g/mol. The molecule has 2 N–H and O–H groups in total. The smallest absolute Gasteiger partial charge is 0.335 e. The molecule has 0 unspecified atom stereocenters. The van der Waals surface area contributed by atoms with Crippen molar-refractivity contribution in [3.63, 3.8) is 0 Å². The molecule has 0 spiro atoms. The average Bonchev–Trinajstić information content (AvgIpc) is 2.82. The van der Waals surface area contributed by atoms with Crippen molar-refractivity contribution < 1.29 is 14.7 Å². The summed E-state index contributed by atoms with van der Waals surface area (Å²) >= 11 is 0. The van der Waals surface area contributed by atoms with Crippen molar-refractivity contribution in [1.29, 1.82) is 0 Å². The van der Waals surface area contributed by atoms with Gasteiger partial charge in [0.2, 0.25) is 0 Å². The largest absolute Gasteiger partial charge is 0.478 e. The zero-order valence-corrected chi connectivity index (χ0v) is 22.5. The molecule has 0 radical (unpaired) electrons. The molecule has 0 aliphatic heterocycles. The molecule has 4 nitrogen and oxygen atoms in total. The molecule has 0 fully saturated rings. The number of benzene rings is 2. The summed E-state index contributed by atoms with van der Waals surface area (Å²) in [5.41, 5.74) is 1.56. The predicted molar refractivity (Wildman–Crippen MR) is 141 cm³/mol. The first kappa shape index (κ1) is 26.1. The van der Waals surface area contributed by atoms with Gasteiger partial charge in [-0.25, -0.2) is 4.79 Å². The first-order valence-electron chi connectivity index (χ1n) is 12.0. The second-order valence-electron chi connectivity index (χ2n) is 8.82. The molecule has 174 valence electrons. The van der Waals surface area contributed by atoms with Gasteiger partial charge in [-0.15, -0.1) is 0 Å². The van der Waals surface area contributed by atoms with Crippen LogP contribution in [0.3, 0.4) is 0 Å². The molecule has 0 heterocycles. The molecule has 6 heteroatoms. The van der Waals surface area contributed by atoms with Crippen LogP contribution in [0.1, 0.15) is 62.3 Å². The quantitative estimate of drug-likeness (QED) is 0.393. The van der Waals surface area contributed by atoms with Crippen LogP contribution in [0, 0.1) is 0 Å². The highest BCUT2D eigenvalue weighted by molar-refractivity contribution is 6.94. The Bertz CT molecular complexity index is 878. The summed E-state index contributed by atoms with van der Waals surface area (Å²) < 4.78 is 0. The summed E-state index contributed by atoms with van der Waals surface area (Å²) in [6, 6.07) is 20.2. The van der Waals surface area contributed by atoms with E-state index in [0.717, 1.165) is 5.56 Å². The van der Waals surface area contributed by atoms with Crippen LogP contribution in [0.2, 0.25) is 36.3 Å². The van der Waals surface area contributed by atoms with Crippen molar-refractivity contribution in [3.05, 3.63) is 53.6 Å². The van der Waals surface area contributed by atoms with Gasteiger partial charge in [-0.3, -0.25) is 4.79 Å². The predicted octanol–water partition coefficient (Wildman–Crippen LogP) is 6.07. The van der Waals surface area contributed by atoms with Crippen LogP contribution in [0.4, 0.5) is 5.69 Å². The molecule has 0 saturated heterocycles. The van der Waals surface area contributed by atoms with E-state index < -0.39 is 22.1 Å². The van der Waals surface area contributed by atoms with E-state index in [0.29, 0.717) is 5.69 Å². The van der Waals surface area contributed by atoms with Crippen LogP contribution in [0.5, 0.6) is 0 Å². The number of rotatable bonds is 11. The molecule has 0 saturated carbocycles. The van der Waals surface area contributed by atoms with Crippen LogP contribution in [-0.2, 0) is 0 Å². The number of carboxylic acid groups (broad SMARTS) is 1. The maximum atomic E-state index is 13.3. The van der Waals surface area contributed by atoms with Crippen LogP contribution in [-0.4, -0.2) is 33.1 Å². The third kappa shape index (κ3) is 5.23. The molecule has 0 atom stereocenters. The van der Waals surface area contributed by atoms with E-state index in [2.05, 4.69) is 65.1 Å². The van der Waals surface area contributed by atoms with Crippen LogP contribution >= 0.6 is 0 Å². The Kier molecular flexibility index (Phi) is 9.04. The Morgan fingerprint density at radius 1 is 0.688 bits per heavy atom. The minimum Gasteiger partial charge on any atom is -0.478 e. The number of carboxylic acids is 1. The van der Waals surface area contributed by atoms with Crippen molar-refractivity contribution >= 4 is 44.1 Å². The van der Waals surface area contributed by atoms with Crippen molar-refractivity contribution in [2.75, 3.05) is 5.32 Å². The van der Waals surface area contributed by atoms with E-state index in [1.807, 2.05) is 0 Å². The van der Waals surface area contributed by atoms with Gasteiger partial charge in [0.15, 0.2) is 0 Å². The molecule has 0 aliphatic carbocycles. The minimum atomic E-state index is -1.65. The summed E-state index contributed by atoms with van der Waals surface area (Å²) in [6.07, 6.45) is 0. The summed E-state index contributed by atoms with van der Waals surface area (Å²) in [6.45, 7) is 13.8. The number of carbonyl (C=O) groups is 2. The van der Waals surface area contributed by atoms with Crippen LogP contribution in [0.25, 0.3) is 0 Å². The number of nitrogens with one attached hydrogen (secondary N) is 1. The van der Waals surface area contributed by atoms with Gasteiger partial charge >= 0.3 is 5.97 Å². The molecule has 2 aromatic rings. The number of carbonyl (C=O) groups excluding carboxylic acids is 1. The first-order valence-corrected chi connectivity index (χ1v) is 17.3. The minimum absolute atomic E-state index is 0.117. The van der Waals surface area contributed by atoms with E-state index in [1.54, 1.807) is 12.1 Å². The molecule has 32 heavy (non-hydrogen) atoms. The summed E-state index contributed by atoms with van der Waals surface area (Å²) in [7, 11) is -3.31. The van der Waals surface area contributed by atoms with Gasteiger partial charge < -0.3 is 10.4 Å². The molecule has 2 rings (SSSR count). The number of hydrogen-bond donors (Lipinski definition) is 2. The molecule has 0 aromatic heterocycles. The number of hydrogen-bond acceptors (Lipinski definition) is 2. The van der Waals surface area contributed by atoms with E-state index in [9.17, 15) is 9.59 Å². The average molecular weight is 470 g/mol. The van der Waals surface area contributed by atoms with Gasteiger partial charge in [-0.1, -0.05) is 106 Å². The first-order chi connectivity index (χ1) is 15.2. The Balaban J connectivity index is 2.57. The Labute approximate surface area is 195 Å². The van der Waals surface area contributed by atoms with E-state index >= 15 is 0 Å². The van der Waals surface area contributed by atoms with Gasteiger partial charge in [0.05, 0.1) is 21.7 Å². The summed E-state index contributed by atoms with van der Waals surface area (Å²) in [5, 5.41) is 14.9. The van der Waals surface area contributed by atoms with Gasteiger partial charge in [-0.2, -0.15) is 0 Å². The maximum absolute atomic E-state index is 13.3. The van der Waals surface area contributed by atoms with Crippen molar-refractivity contribution in [2.24, 2.45) is 0 Å². The summed E-state index contributed by atoms with van der Waals surface area (Å²) in [4.78, 5) is 24.4. The van der Waals surface area contributed by atoms with Crippen molar-refractivity contribution in [1.82, 2.24) is 0 Å². The SMILES string of the molecule is CC[Si](CC)(CC)c1cc(C(=O)Nc2ccc(C(=O)O)cc2)cc([Si](CC)(CC)CC)c1. The molecule has 0 aliphatic rings. The maximum Gasteiger partial charge on any atom is 0.335 e. The highest BCUT2D eigenvalue weighted by atomic mass is 28.3. The van der Waals surface area contributed by atoms with E-state index in [4.69, 9.17) is 5.11 Å². The number of aromatic carboxylic acids is 1. The molecule has 1 amide bonds. The lowest BCUT2D eigenvalue weighted by Gasteiger charge is -2.34. The highest BCUT2D eigenvalue weighted by Gasteiger charge is 2.34. The van der Waals surface area contributed by atoms with Crippen molar-refractivity contribution in [2.45, 2.75) is 77.8 Å². The zero-order valence-electron chi connectivity index (χ0n) is 20.5. The van der Waals surface area contributed by atoms with Gasteiger partial charge in [0, 0.05) is 11.3 Å². The zero-order chi connectivity index (χ0) is 23.9. The van der Waals surface area contributed by atoms with Crippen LogP contribution in [0.15, 0.2) is 42.5 Å². The Morgan fingerprint density at radius 2 is 1.09 bits per heavy atom. The van der Waals surface area contributed by atoms with Crippen molar-refractivity contribution in [3.8, 4) is 0 Å². The standard InChI is InChI=1S/C26H39NO3Si2/c1-7-31(8-2,9-3)23-17-21(18-24(19-23)32(10-4,11-5)12-6)25(28)27-22-15-13-20(14-16-22)26(29)30/h13-19H,7-12H2,1-6H3,(H,27,28)(H,29,30). The number of anilines is 1. The fourth-order valence-corrected chi connectivity index (χ4v) is 12.4. The molecular weight excluding hydrogens is 430 g/mol. The Morgan fingerprint density at radius 3 is 1.44 bits per heavy atom. The fourth-order valence-electron chi connectivity index (χ4n) is 5.00.